The summed E-state index contributed by atoms with van der Waals surface area (Å²) in [4.78, 5) is 15.4. The molecule has 1 aliphatic carbocycles. The molecule has 1 fully saturated rings. The SMILES string of the molecule is O=C(OCc1ccccc1)[C@H](O)[C@H](CC1CCCCC1)N(Cc1ccccc1)Cc1ccccc1. The summed E-state index contributed by atoms with van der Waals surface area (Å²) in [5.74, 6) is -0.0276. The van der Waals surface area contributed by atoms with Crippen LogP contribution in [-0.4, -0.2) is 28.1 Å². The largest absolute Gasteiger partial charge is 0.459 e. The van der Waals surface area contributed by atoms with E-state index in [1.807, 2.05) is 66.7 Å². The Balaban J connectivity index is 1.56. The van der Waals surface area contributed by atoms with Crippen LogP contribution in [0.3, 0.4) is 0 Å². The Hall–Kier alpha value is -2.95. The van der Waals surface area contributed by atoms with Crippen molar-refractivity contribution >= 4 is 5.97 Å². The summed E-state index contributed by atoms with van der Waals surface area (Å²) in [5.41, 5.74) is 3.26. The minimum Gasteiger partial charge on any atom is -0.459 e. The Morgan fingerprint density at radius 3 is 1.77 bits per heavy atom. The third kappa shape index (κ3) is 7.78. The van der Waals surface area contributed by atoms with Crippen LogP contribution in [0.15, 0.2) is 91.0 Å². The lowest BCUT2D eigenvalue weighted by Gasteiger charge is -2.37. The van der Waals surface area contributed by atoms with Crippen molar-refractivity contribution < 1.29 is 14.6 Å². The molecular weight excluding hydrogens is 434 g/mol. The van der Waals surface area contributed by atoms with Gasteiger partial charge in [-0.2, -0.15) is 0 Å². The van der Waals surface area contributed by atoms with Gasteiger partial charge in [0.1, 0.15) is 6.61 Å². The summed E-state index contributed by atoms with van der Waals surface area (Å²) < 4.78 is 5.59. The van der Waals surface area contributed by atoms with Crippen LogP contribution in [0.25, 0.3) is 0 Å². The maximum absolute atomic E-state index is 13.1. The van der Waals surface area contributed by atoms with E-state index >= 15 is 0 Å². The molecule has 0 unspecified atom stereocenters. The molecule has 4 rings (SSSR count). The van der Waals surface area contributed by atoms with Crippen LogP contribution in [0.5, 0.6) is 0 Å². The zero-order valence-electron chi connectivity index (χ0n) is 20.5. The van der Waals surface area contributed by atoms with Gasteiger partial charge in [0.15, 0.2) is 6.10 Å². The lowest BCUT2D eigenvalue weighted by molar-refractivity contribution is -0.160. The quantitative estimate of drug-likeness (QED) is 0.342. The number of hydrogen-bond donors (Lipinski definition) is 1. The molecule has 1 aliphatic rings. The van der Waals surface area contributed by atoms with E-state index in [0.717, 1.165) is 24.8 Å². The number of nitrogens with zero attached hydrogens (tertiary/aromatic N) is 1. The van der Waals surface area contributed by atoms with E-state index in [0.29, 0.717) is 19.0 Å². The molecular formula is C31H37NO3. The van der Waals surface area contributed by atoms with Gasteiger partial charge in [0.25, 0.3) is 0 Å². The number of hydrogen-bond acceptors (Lipinski definition) is 4. The maximum atomic E-state index is 13.1. The van der Waals surface area contributed by atoms with Gasteiger partial charge in [-0.15, -0.1) is 0 Å². The van der Waals surface area contributed by atoms with Crippen LogP contribution in [0.1, 0.15) is 55.2 Å². The van der Waals surface area contributed by atoms with Crippen LogP contribution >= 0.6 is 0 Å². The first kappa shape index (κ1) is 25.2. The van der Waals surface area contributed by atoms with Crippen molar-refractivity contribution in [3.63, 3.8) is 0 Å². The molecule has 35 heavy (non-hydrogen) atoms. The maximum Gasteiger partial charge on any atom is 0.336 e. The first-order chi connectivity index (χ1) is 17.2. The summed E-state index contributed by atoms with van der Waals surface area (Å²) in [5, 5.41) is 11.4. The third-order valence-electron chi connectivity index (χ3n) is 7.06. The second-order valence-corrected chi connectivity index (χ2v) is 9.72. The summed E-state index contributed by atoms with van der Waals surface area (Å²) >= 11 is 0. The minimum absolute atomic E-state index is 0.171. The second kappa shape index (κ2) is 13.2. The van der Waals surface area contributed by atoms with E-state index in [4.69, 9.17) is 4.74 Å². The molecule has 4 nitrogen and oxygen atoms in total. The number of carbonyl (C=O) groups excluding carboxylic acids is 1. The molecule has 3 aromatic rings. The monoisotopic (exact) mass is 471 g/mol. The zero-order valence-corrected chi connectivity index (χ0v) is 20.5. The van der Waals surface area contributed by atoms with Crippen molar-refractivity contribution in [1.82, 2.24) is 4.90 Å². The number of benzene rings is 3. The van der Waals surface area contributed by atoms with Gasteiger partial charge in [-0.3, -0.25) is 4.90 Å². The Bertz CT molecular complexity index is 962. The van der Waals surface area contributed by atoms with Crippen LogP contribution in [0.2, 0.25) is 0 Å². The molecule has 4 heteroatoms. The molecule has 184 valence electrons. The Labute approximate surface area is 209 Å². The van der Waals surface area contributed by atoms with E-state index in [2.05, 4.69) is 29.2 Å². The van der Waals surface area contributed by atoms with Gasteiger partial charge in [0, 0.05) is 19.1 Å². The summed E-state index contributed by atoms with van der Waals surface area (Å²) in [7, 11) is 0. The van der Waals surface area contributed by atoms with Crippen molar-refractivity contribution in [2.45, 2.75) is 70.4 Å². The van der Waals surface area contributed by atoms with Gasteiger partial charge in [0.05, 0.1) is 0 Å². The molecule has 0 aromatic heterocycles. The van der Waals surface area contributed by atoms with E-state index < -0.39 is 12.1 Å². The van der Waals surface area contributed by atoms with Gasteiger partial charge in [0.2, 0.25) is 0 Å². The molecule has 2 atom stereocenters. The van der Waals surface area contributed by atoms with Gasteiger partial charge in [-0.25, -0.2) is 4.79 Å². The second-order valence-electron chi connectivity index (χ2n) is 9.72. The van der Waals surface area contributed by atoms with Crippen LogP contribution in [-0.2, 0) is 29.2 Å². The average molecular weight is 472 g/mol. The first-order valence-corrected chi connectivity index (χ1v) is 12.9. The topological polar surface area (TPSA) is 49.8 Å². The first-order valence-electron chi connectivity index (χ1n) is 12.9. The molecule has 3 aromatic carbocycles. The van der Waals surface area contributed by atoms with E-state index in [-0.39, 0.29) is 12.6 Å². The third-order valence-corrected chi connectivity index (χ3v) is 7.06. The molecule has 0 radical (unpaired) electrons. The normalized spacial score (nSPS) is 16.1. The summed E-state index contributed by atoms with van der Waals surface area (Å²) in [6.07, 6.45) is 5.64. The van der Waals surface area contributed by atoms with Crippen LogP contribution in [0, 0.1) is 5.92 Å². The number of ether oxygens (including phenoxy) is 1. The molecule has 0 bridgehead atoms. The molecule has 0 spiro atoms. The average Bonchev–Trinajstić information content (AvgIpc) is 2.92. The molecule has 1 saturated carbocycles. The van der Waals surface area contributed by atoms with Crippen molar-refractivity contribution in [2.75, 3.05) is 0 Å². The summed E-state index contributed by atoms with van der Waals surface area (Å²) in [6, 6.07) is 29.9. The van der Waals surface area contributed by atoms with Gasteiger partial charge in [-0.1, -0.05) is 123 Å². The Kier molecular flexibility index (Phi) is 9.50. The number of aliphatic hydroxyl groups is 1. The predicted octanol–water partition coefficient (Wildman–Crippen LogP) is 6.13. The van der Waals surface area contributed by atoms with Crippen molar-refractivity contribution in [1.29, 1.82) is 0 Å². The van der Waals surface area contributed by atoms with Gasteiger partial charge >= 0.3 is 5.97 Å². The smallest absolute Gasteiger partial charge is 0.336 e. The zero-order chi connectivity index (χ0) is 24.3. The van der Waals surface area contributed by atoms with Gasteiger partial charge in [-0.05, 0) is 29.0 Å². The molecule has 0 amide bonds. The Morgan fingerprint density at radius 1 is 0.771 bits per heavy atom. The van der Waals surface area contributed by atoms with Crippen molar-refractivity contribution in [3.05, 3.63) is 108 Å². The number of aliphatic hydroxyl groups excluding tert-OH is 1. The molecule has 0 saturated heterocycles. The lowest BCUT2D eigenvalue weighted by atomic mass is 9.83. The van der Waals surface area contributed by atoms with Crippen LogP contribution < -0.4 is 0 Å². The number of esters is 1. The van der Waals surface area contributed by atoms with E-state index in [1.165, 1.54) is 30.4 Å². The summed E-state index contributed by atoms with van der Waals surface area (Å²) in [6.45, 7) is 1.50. The standard InChI is InChI=1S/C31H37NO3/c33-30(31(34)35-24-28-19-11-4-12-20-28)29(21-25-13-5-1-6-14-25)32(22-26-15-7-2-8-16-26)23-27-17-9-3-10-18-27/h2-4,7-12,15-20,25,29-30,33H,1,5-6,13-14,21-24H2/t29-,30+/m0/s1. The fraction of sp³-hybridized carbons (Fsp3) is 0.387. The van der Waals surface area contributed by atoms with E-state index in [9.17, 15) is 9.90 Å². The van der Waals surface area contributed by atoms with Crippen LogP contribution in [0.4, 0.5) is 0 Å². The highest BCUT2D eigenvalue weighted by Gasteiger charge is 2.35. The van der Waals surface area contributed by atoms with E-state index in [1.54, 1.807) is 0 Å². The Morgan fingerprint density at radius 2 is 1.26 bits per heavy atom. The minimum atomic E-state index is -1.20. The fourth-order valence-corrected chi connectivity index (χ4v) is 5.14. The number of rotatable bonds is 11. The lowest BCUT2D eigenvalue weighted by Crippen LogP contribution is -2.48. The molecule has 1 N–H and O–H groups in total. The number of carbonyl (C=O) groups is 1. The highest BCUT2D eigenvalue weighted by Crippen LogP contribution is 2.31. The predicted molar refractivity (Wildman–Crippen MR) is 139 cm³/mol. The molecule has 0 aliphatic heterocycles. The fourth-order valence-electron chi connectivity index (χ4n) is 5.14. The van der Waals surface area contributed by atoms with Gasteiger partial charge < -0.3 is 9.84 Å². The highest BCUT2D eigenvalue weighted by atomic mass is 16.5. The van der Waals surface area contributed by atoms with Crippen molar-refractivity contribution in [3.8, 4) is 0 Å². The molecule has 0 heterocycles. The van der Waals surface area contributed by atoms with Crippen molar-refractivity contribution in [2.24, 2.45) is 5.92 Å². The highest BCUT2D eigenvalue weighted by molar-refractivity contribution is 5.75.